The number of anilines is 1. The average Bonchev–Trinajstić information content (AvgIpc) is 2.93. The monoisotopic (exact) mass is 335 g/mol. The predicted octanol–water partition coefficient (Wildman–Crippen LogP) is 1.52. The maximum Gasteiger partial charge on any atom is 0.267 e. The zero-order chi connectivity index (χ0) is 17.0. The van der Waals surface area contributed by atoms with Gasteiger partial charge in [-0.15, -0.1) is 0 Å². The van der Waals surface area contributed by atoms with Crippen LogP contribution in [-0.2, 0) is 16.6 Å². The first-order valence-electron chi connectivity index (χ1n) is 6.79. The molecule has 1 aromatic carbocycles. The number of hydrogen-bond donors (Lipinski definition) is 3. The van der Waals surface area contributed by atoms with Gasteiger partial charge < -0.3 is 10.3 Å². The summed E-state index contributed by atoms with van der Waals surface area (Å²) in [6.07, 6.45) is 2.55. The van der Waals surface area contributed by atoms with Gasteiger partial charge in [0.1, 0.15) is 5.69 Å². The summed E-state index contributed by atoms with van der Waals surface area (Å²) < 4.78 is 24.8. The molecule has 3 N–H and O–H groups in total. The number of carbonyl (C=O) groups excluding carboxylic acids is 2. The highest BCUT2D eigenvalue weighted by molar-refractivity contribution is 7.92. The van der Waals surface area contributed by atoms with Gasteiger partial charge in [-0.05, 0) is 30.7 Å². The van der Waals surface area contributed by atoms with Gasteiger partial charge in [0.2, 0.25) is 10.0 Å². The van der Waals surface area contributed by atoms with Crippen LogP contribution in [-0.4, -0.2) is 31.3 Å². The first-order chi connectivity index (χ1) is 10.7. The van der Waals surface area contributed by atoms with Crippen LogP contribution in [0.1, 0.15) is 33.3 Å². The minimum atomic E-state index is -3.35. The number of aromatic amines is 1. The molecule has 0 saturated heterocycles. The number of hydrogen-bond acceptors (Lipinski definition) is 4. The van der Waals surface area contributed by atoms with Crippen LogP contribution in [0, 0.1) is 0 Å². The van der Waals surface area contributed by atoms with Crippen LogP contribution in [0.15, 0.2) is 36.5 Å². The molecule has 2 rings (SSSR count). The first-order valence-corrected chi connectivity index (χ1v) is 8.68. The topological polar surface area (TPSA) is 108 Å². The molecule has 8 heteroatoms. The predicted molar refractivity (Wildman–Crippen MR) is 86.9 cm³/mol. The number of nitrogens with one attached hydrogen (secondary N) is 3. The Kier molecular flexibility index (Phi) is 4.85. The van der Waals surface area contributed by atoms with E-state index in [1.165, 1.54) is 19.2 Å². The van der Waals surface area contributed by atoms with E-state index in [-0.39, 0.29) is 18.2 Å². The van der Waals surface area contributed by atoms with Crippen LogP contribution in [0.3, 0.4) is 0 Å². The van der Waals surface area contributed by atoms with E-state index >= 15 is 0 Å². The molecule has 1 amide bonds. The summed E-state index contributed by atoms with van der Waals surface area (Å²) in [7, 11) is -3.35. The van der Waals surface area contributed by atoms with E-state index in [4.69, 9.17) is 0 Å². The van der Waals surface area contributed by atoms with E-state index in [9.17, 15) is 18.0 Å². The maximum absolute atomic E-state index is 12.0. The molecule has 1 heterocycles. The smallest absolute Gasteiger partial charge is 0.267 e. The molecule has 0 aliphatic heterocycles. The van der Waals surface area contributed by atoms with E-state index in [2.05, 4.69) is 15.0 Å². The molecule has 2 aromatic rings. The molecule has 0 radical (unpaired) electrons. The van der Waals surface area contributed by atoms with Crippen molar-refractivity contribution in [1.29, 1.82) is 0 Å². The van der Waals surface area contributed by atoms with Crippen molar-refractivity contribution >= 4 is 27.4 Å². The molecule has 0 saturated carbocycles. The molecule has 0 spiro atoms. The highest BCUT2D eigenvalue weighted by atomic mass is 32.2. The molecule has 122 valence electrons. The number of H-pyrrole nitrogens is 1. The standard InChI is InChI=1S/C15H17N3O4S/c1-10(19)12-7-14(16-9-12)15(20)17-8-11-4-3-5-13(6-11)18-23(2,21)22/h3-7,9,16,18H,8H2,1-2H3,(H,17,20). The minimum Gasteiger partial charge on any atom is -0.356 e. The third-order valence-corrected chi connectivity index (χ3v) is 3.62. The molecular weight excluding hydrogens is 318 g/mol. The lowest BCUT2D eigenvalue weighted by Crippen LogP contribution is -2.23. The summed E-state index contributed by atoms with van der Waals surface area (Å²) in [5.41, 5.74) is 1.90. The summed E-state index contributed by atoms with van der Waals surface area (Å²) in [4.78, 5) is 25.9. The largest absolute Gasteiger partial charge is 0.356 e. The quantitative estimate of drug-likeness (QED) is 0.695. The lowest BCUT2D eigenvalue weighted by molar-refractivity contribution is 0.0946. The number of sulfonamides is 1. The van der Waals surface area contributed by atoms with E-state index in [0.717, 1.165) is 11.8 Å². The fourth-order valence-electron chi connectivity index (χ4n) is 1.97. The van der Waals surface area contributed by atoms with Crippen molar-refractivity contribution < 1.29 is 18.0 Å². The summed E-state index contributed by atoms with van der Waals surface area (Å²) in [6.45, 7) is 1.65. The van der Waals surface area contributed by atoms with Crippen LogP contribution in [0.25, 0.3) is 0 Å². The Labute approximate surface area is 134 Å². The van der Waals surface area contributed by atoms with Gasteiger partial charge in [-0.1, -0.05) is 12.1 Å². The number of Topliss-reactive ketones (excluding diaryl/α,β-unsaturated/α-hetero) is 1. The summed E-state index contributed by atoms with van der Waals surface area (Å²) >= 11 is 0. The number of benzene rings is 1. The molecule has 0 bridgehead atoms. The number of carbonyl (C=O) groups is 2. The molecule has 23 heavy (non-hydrogen) atoms. The number of amides is 1. The SMILES string of the molecule is CC(=O)c1c[nH]c(C(=O)NCc2cccc(NS(C)(=O)=O)c2)c1. The number of ketones is 1. The molecule has 0 aliphatic carbocycles. The highest BCUT2D eigenvalue weighted by Gasteiger charge is 2.10. The van der Waals surface area contributed by atoms with Gasteiger partial charge in [0.15, 0.2) is 5.78 Å². The second-order valence-corrected chi connectivity index (χ2v) is 6.86. The average molecular weight is 335 g/mol. The molecule has 0 unspecified atom stereocenters. The zero-order valence-corrected chi connectivity index (χ0v) is 13.5. The van der Waals surface area contributed by atoms with Crippen molar-refractivity contribution in [2.75, 3.05) is 11.0 Å². The van der Waals surface area contributed by atoms with Crippen LogP contribution >= 0.6 is 0 Å². The molecule has 0 fully saturated rings. The summed E-state index contributed by atoms with van der Waals surface area (Å²) in [6, 6.07) is 8.20. The van der Waals surface area contributed by atoms with Gasteiger partial charge in [0, 0.05) is 24.0 Å². The van der Waals surface area contributed by atoms with Crippen LogP contribution in [0.2, 0.25) is 0 Å². The van der Waals surface area contributed by atoms with Gasteiger partial charge in [0.25, 0.3) is 5.91 Å². The van der Waals surface area contributed by atoms with E-state index < -0.39 is 10.0 Å². The van der Waals surface area contributed by atoms with Crippen LogP contribution < -0.4 is 10.0 Å². The lowest BCUT2D eigenvalue weighted by Gasteiger charge is -2.07. The third kappa shape index (κ3) is 4.96. The fraction of sp³-hybridized carbons (Fsp3) is 0.200. The first kappa shape index (κ1) is 16.8. The Hall–Kier alpha value is -2.61. The van der Waals surface area contributed by atoms with Crippen LogP contribution in [0.4, 0.5) is 5.69 Å². The Morgan fingerprint density at radius 2 is 1.96 bits per heavy atom. The molecule has 7 nitrogen and oxygen atoms in total. The van der Waals surface area contributed by atoms with Gasteiger partial charge in [-0.3, -0.25) is 14.3 Å². The van der Waals surface area contributed by atoms with Crippen molar-refractivity contribution in [3.05, 3.63) is 53.3 Å². The third-order valence-electron chi connectivity index (χ3n) is 3.02. The Morgan fingerprint density at radius 1 is 1.22 bits per heavy atom. The van der Waals surface area contributed by atoms with E-state index in [0.29, 0.717) is 16.9 Å². The van der Waals surface area contributed by atoms with E-state index in [1.807, 2.05) is 0 Å². The van der Waals surface area contributed by atoms with Gasteiger partial charge in [-0.2, -0.15) is 0 Å². The second kappa shape index (κ2) is 6.66. The van der Waals surface area contributed by atoms with Crippen molar-refractivity contribution in [1.82, 2.24) is 10.3 Å². The van der Waals surface area contributed by atoms with Gasteiger partial charge in [0.05, 0.1) is 6.26 Å². The normalized spacial score (nSPS) is 11.0. The van der Waals surface area contributed by atoms with E-state index in [1.54, 1.807) is 24.3 Å². The van der Waals surface area contributed by atoms with Crippen molar-refractivity contribution in [2.45, 2.75) is 13.5 Å². The lowest BCUT2D eigenvalue weighted by atomic mass is 10.2. The molecule has 0 atom stereocenters. The summed E-state index contributed by atoms with van der Waals surface area (Å²) in [5, 5.41) is 2.70. The Bertz CT molecular complexity index is 840. The summed E-state index contributed by atoms with van der Waals surface area (Å²) in [5.74, 6) is -0.473. The minimum absolute atomic E-state index is 0.125. The van der Waals surface area contributed by atoms with Gasteiger partial charge in [-0.25, -0.2) is 8.42 Å². The highest BCUT2D eigenvalue weighted by Crippen LogP contribution is 2.12. The zero-order valence-electron chi connectivity index (χ0n) is 12.7. The van der Waals surface area contributed by atoms with Crippen molar-refractivity contribution in [3.63, 3.8) is 0 Å². The number of aromatic nitrogens is 1. The van der Waals surface area contributed by atoms with Crippen molar-refractivity contribution in [3.8, 4) is 0 Å². The molecular formula is C15H17N3O4S. The molecule has 0 aliphatic rings. The van der Waals surface area contributed by atoms with Gasteiger partial charge >= 0.3 is 0 Å². The Morgan fingerprint density at radius 3 is 2.57 bits per heavy atom. The second-order valence-electron chi connectivity index (χ2n) is 5.12. The maximum atomic E-state index is 12.0. The van der Waals surface area contributed by atoms with Crippen LogP contribution in [0.5, 0.6) is 0 Å². The van der Waals surface area contributed by atoms with Crippen molar-refractivity contribution in [2.24, 2.45) is 0 Å². The molecule has 1 aromatic heterocycles. The Balaban J connectivity index is 2.01. The number of rotatable bonds is 6. The fourth-order valence-corrected chi connectivity index (χ4v) is 2.52.